The molecule has 0 radical (unpaired) electrons. The zero-order valence-corrected chi connectivity index (χ0v) is 11.0. The zero-order valence-electron chi connectivity index (χ0n) is 9.43. The molecule has 0 fully saturated rings. The number of halogens is 1. The summed E-state index contributed by atoms with van der Waals surface area (Å²) in [6, 6.07) is 1.56. The quantitative estimate of drug-likeness (QED) is 0.832. The van der Waals surface area contributed by atoms with Crippen molar-refractivity contribution in [2.45, 2.75) is 31.1 Å². The average molecular weight is 257 g/mol. The Bertz CT molecular complexity index is 480. The fourth-order valence-corrected chi connectivity index (χ4v) is 4.02. The van der Waals surface area contributed by atoms with Crippen LogP contribution in [0.3, 0.4) is 0 Å². The molecule has 2 nitrogen and oxygen atoms in total. The molecule has 4 heteroatoms. The van der Waals surface area contributed by atoms with Crippen LogP contribution >= 0.6 is 23.4 Å². The summed E-state index contributed by atoms with van der Waals surface area (Å²) in [6.07, 6.45) is 0. The fourth-order valence-electron chi connectivity index (χ4n) is 2.23. The molecule has 0 spiro atoms. The second-order valence-electron chi connectivity index (χ2n) is 4.71. The summed E-state index contributed by atoms with van der Waals surface area (Å²) in [4.78, 5) is 12.2. The Morgan fingerprint density at radius 2 is 2.19 bits per heavy atom. The van der Waals surface area contributed by atoms with Crippen molar-refractivity contribution in [2.24, 2.45) is 0 Å². The molecule has 0 aromatic heterocycles. The smallest absolute Gasteiger partial charge is 0.336 e. The van der Waals surface area contributed by atoms with E-state index in [1.54, 1.807) is 17.8 Å². The van der Waals surface area contributed by atoms with Crippen LogP contribution in [0.2, 0.25) is 5.02 Å². The standard InChI is InChI=1S/C12H13ClO2S/c1-6-7(11(14)15)4-8(13)10-9(6)12(2,3)5-16-10/h4H,5H2,1-3H3,(H,14,15). The lowest BCUT2D eigenvalue weighted by Crippen LogP contribution is -2.18. The van der Waals surface area contributed by atoms with Gasteiger partial charge >= 0.3 is 5.97 Å². The molecule has 1 aliphatic rings. The van der Waals surface area contributed by atoms with Crippen molar-refractivity contribution in [1.29, 1.82) is 0 Å². The van der Waals surface area contributed by atoms with Crippen molar-refractivity contribution in [2.75, 3.05) is 5.75 Å². The molecule has 1 aromatic rings. The van der Waals surface area contributed by atoms with Gasteiger partial charge in [0, 0.05) is 16.1 Å². The third-order valence-electron chi connectivity index (χ3n) is 2.98. The first-order valence-electron chi connectivity index (χ1n) is 5.04. The molecule has 1 aliphatic heterocycles. The van der Waals surface area contributed by atoms with Crippen LogP contribution in [0, 0.1) is 6.92 Å². The predicted molar refractivity (Wildman–Crippen MR) is 66.9 cm³/mol. The maximum Gasteiger partial charge on any atom is 0.336 e. The summed E-state index contributed by atoms with van der Waals surface area (Å²) in [5.74, 6) is 0.0429. The van der Waals surface area contributed by atoms with E-state index >= 15 is 0 Å². The highest BCUT2D eigenvalue weighted by molar-refractivity contribution is 7.99. The first-order valence-corrected chi connectivity index (χ1v) is 6.40. The second kappa shape index (κ2) is 3.67. The third-order valence-corrected chi connectivity index (χ3v) is 4.97. The van der Waals surface area contributed by atoms with E-state index in [0.717, 1.165) is 21.8 Å². The number of carboxylic acid groups (broad SMARTS) is 1. The Hall–Kier alpha value is -0.670. The summed E-state index contributed by atoms with van der Waals surface area (Å²) >= 11 is 7.85. The molecule has 0 amide bonds. The van der Waals surface area contributed by atoms with Gasteiger partial charge in [0.15, 0.2) is 0 Å². The van der Waals surface area contributed by atoms with Crippen LogP contribution in [0.1, 0.15) is 35.3 Å². The highest BCUT2D eigenvalue weighted by Gasteiger charge is 2.35. The van der Waals surface area contributed by atoms with Gasteiger partial charge in [0.05, 0.1) is 10.6 Å². The van der Waals surface area contributed by atoms with Crippen LogP contribution in [0.4, 0.5) is 0 Å². The van der Waals surface area contributed by atoms with E-state index in [0.29, 0.717) is 10.6 Å². The highest BCUT2D eigenvalue weighted by Crippen LogP contribution is 2.49. The van der Waals surface area contributed by atoms with Crippen molar-refractivity contribution in [3.63, 3.8) is 0 Å². The van der Waals surface area contributed by atoms with Crippen molar-refractivity contribution in [3.05, 3.63) is 27.8 Å². The molecule has 1 heterocycles. The molecule has 0 aliphatic carbocycles. The van der Waals surface area contributed by atoms with Gasteiger partial charge in [-0.25, -0.2) is 4.79 Å². The largest absolute Gasteiger partial charge is 0.478 e. The van der Waals surface area contributed by atoms with E-state index < -0.39 is 5.97 Å². The van der Waals surface area contributed by atoms with E-state index in [4.69, 9.17) is 16.7 Å². The van der Waals surface area contributed by atoms with E-state index in [1.165, 1.54) is 0 Å². The van der Waals surface area contributed by atoms with Crippen LogP contribution in [0.25, 0.3) is 0 Å². The minimum absolute atomic E-state index is 0.000810. The summed E-state index contributed by atoms with van der Waals surface area (Å²) in [5.41, 5.74) is 2.27. The number of carboxylic acids is 1. The summed E-state index contributed by atoms with van der Waals surface area (Å²) in [7, 11) is 0. The number of rotatable bonds is 1. The SMILES string of the molecule is Cc1c(C(=O)O)cc(Cl)c2c1C(C)(C)CS2. The fraction of sp³-hybridized carbons (Fsp3) is 0.417. The Kier molecular flexibility index (Phi) is 2.71. The Balaban J connectivity index is 2.76. The van der Waals surface area contributed by atoms with Crippen LogP contribution in [0.5, 0.6) is 0 Å². The molecule has 0 bridgehead atoms. The lowest BCUT2D eigenvalue weighted by atomic mass is 9.82. The number of benzene rings is 1. The topological polar surface area (TPSA) is 37.3 Å². The number of hydrogen-bond donors (Lipinski definition) is 1. The van der Waals surface area contributed by atoms with Crippen molar-refractivity contribution < 1.29 is 9.90 Å². The third kappa shape index (κ3) is 1.62. The molecular formula is C12H13ClO2S. The first kappa shape index (κ1) is 11.8. The molecule has 0 saturated heterocycles. The summed E-state index contributed by atoms with van der Waals surface area (Å²) in [5, 5.41) is 9.69. The van der Waals surface area contributed by atoms with Gasteiger partial charge in [-0.15, -0.1) is 11.8 Å². The predicted octanol–water partition coefficient (Wildman–Crippen LogP) is 3.73. The number of fused-ring (bicyclic) bond motifs is 1. The summed E-state index contributed by atoms with van der Waals surface area (Å²) in [6.45, 7) is 6.12. The number of aromatic carboxylic acids is 1. The molecule has 0 atom stereocenters. The minimum Gasteiger partial charge on any atom is -0.478 e. The van der Waals surface area contributed by atoms with Crippen LogP contribution in [-0.4, -0.2) is 16.8 Å². The normalized spacial score (nSPS) is 17.2. The lowest BCUT2D eigenvalue weighted by molar-refractivity contribution is 0.0696. The zero-order chi connectivity index (χ0) is 12.1. The Morgan fingerprint density at radius 3 is 2.75 bits per heavy atom. The van der Waals surface area contributed by atoms with Gasteiger partial charge in [0.1, 0.15) is 0 Å². The van der Waals surface area contributed by atoms with Crippen LogP contribution < -0.4 is 0 Å². The lowest BCUT2D eigenvalue weighted by Gasteiger charge is -2.21. The Labute approximate surface area is 104 Å². The first-order chi connectivity index (χ1) is 7.34. The van der Waals surface area contributed by atoms with Crippen LogP contribution in [-0.2, 0) is 5.41 Å². The van der Waals surface area contributed by atoms with Gasteiger partial charge in [-0.05, 0) is 24.1 Å². The second-order valence-corrected chi connectivity index (χ2v) is 6.11. The van der Waals surface area contributed by atoms with E-state index in [2.05, 4.69) is 13.8 Å². The van der Waals surface area contributed by atoms with Gasteiger partial charge in [0.25, 0.3) is 0 Å². The monoisotopic (exact) mass is 256 g/mol. The summed E-state index contributed by atoms with van der Waals surface area (Å²) < 4.78 is 0. The highest BCUT2D eigenvalue weighted by atomic mass is 35.5. The van der Waals surface area contributed by atoms with Gasteiger partial charge in [-0.2, -0.15) is 0 Å². The molecule has 1 aromatic carbocycles. The van der Waals surface area contributed by atoms with E-state index in [9.17, 15) is 4.79 Å². The van der Waals surface area contributed by atoms with Gasteiger partial charge in [-0.1, -0.05) is 25.4 Å². The van der Waals surface area contributed by atoms with Gasteiger partial charge < -0.3 is 5.11 Å². The average Bonchev–Trinajstić information content (AvgIpc) is 2.48. The molecule has 86 valence electrons. The van der Waals surface area contributed by atoms with E-state index in [-0.39, 0.29) is 5.41 Å². The molecule has 1 N–H and O–H groups in total. The molecule has 0 saturated carbocycles. The number of carbonyl (C=O) groups is 1. The van der Waals surface area contributed by atoms with E-state index in [1.807, 2.05) is 6.92 Å². The molecule has 0 unspecified atom stereocenters. The molecule has 2 rings (SSSR count). The van der Waals surface area contributed by atoms with Gasteiger partial charge in [0.2, 0.25) is 0 Å². The van der Waals surface area contributed by atoms with Crippen molar-refractivity contribution >= 4 is 29.3 Å². The van der Waals surface area contributed by atoms with Crippen molar-refractivity contribution in [3.8, 4) is 0 Å². The number of thioether (sulfide) groups is 1. The Morgan fingerprint density at radius 1 is 1.56 bits per heavy atom. The van der Waals surface area contributed by atoms with Crippen LogP contribution in [0.15, 0.2) is 11.0 Å². The van der Waals surface area contributed by atoms with Crippen molar-refractivity contribution in [1.82, 2.24) is 0 Å². The minimum atomic E-state index is -0.908. The maximum atomic E-state index is 11.1. The number of hydrogen-bond acceptors (Lipinski definition) is 2. The molecule has 16 heavy (non-hydrogen) atoms. The molecular weight excluding hydrogens is 244 g/mol. The van der Waals surface area contributed by atoms with Gasteiger partial charge in [-0.3, -0.25) is 0 Å². The maximum absolute atomic E-state index is 11.1.